The van der Waals surface area contributed by atoms with Crippen LogP contribution >= 0.6 is 0 Å². The van der Waals surface area contributed by atoms with Gasteiger partial charge in [-0.2, -0.15) is 0 Å². The number of pyridine rings is 1. The summed E-state index contributed by atoms with van der Waals surface area (Å²) in [4.78, 5) is 11.9. The second-order valence-electron chi connectivity index (χ2n) is 4.93. The van der Waals surface area contributed by atoms with Gasteiger partial charge in [0.05, 0.1) is 6.54 Å². The van der Waals surface area contributed by atoms with Gasteiger partial charge in [0.25, 0.3) is 0 Å². The highest BCUT2D eigenvalue weighted by atomic mass is 16.2. The van der Waals surface area contributed by atoms with E-state index in [9.17, 15) is 4.79 Å². The first kappa shape index (κ1) is 9.96. The minimum Gasteiger partial charge on any atom is -0.250 e. The van der Waals surface area contributed by atoms with Crippen LogP contribution in [0.2, 0.25) is 0 Å². The van der Waals surface area contributed by atoms with Crippen molar-refractivity contribution < 1.29 is 0 Å². The molecule has 0 fully saturated rings. The average molecular weight is 205 g/mol. The molecule has 2 aromatic rings. The Kier molecular flexibility index (Phi) is 2.14. The molecule has 0 bridgehead atoms. The molecule has 0 spiro atoms. The van der Waals surface area contributed by atoms with E-state index in [2.05, 4.69) is 25.9 Å². The van der Waals surface area contributed by atoms with Gasteiger partial charge < -0.3 is 0 Å². The lowest BCUT2D eigenvalue weighted by atomic mass is 9.97. The molecule has 2 aromatic heterocycles. The fourth-order valence-electron chi connectivity index (χ4n) is 1.52. The molecule has 0 saturated carbocycles. The maximum Gasteiger partial charge on any atom is 0.350 e. The van der Waals surface area contributed by atoms with E-state index in [4.69, 9.17) is 0 Å². The average Bonchev–Trinajstić information content (AvgIpc) is 2.42. The first-order chi connectivity index (χ1) is 6.97. The molecular weight excluding hydrogens is 190 g/mol. The van der Waals surface area contributed by atoms with Gasteiger partial charge in [-0.1, -0.05) is 26.8 Å². The fourth-order valence-corrected chi connectivity index (χ4v) is 1.52. The van der Waals surface area contributed by atoms with Gasteiger partial charge in [-0.25, -0.2) is 9.48 Å². The minimum atomic E-state index is -0.0690. The van der Waals surface area contributed by atoms with Crippen molar-refractivity contribution in [3.63, 3.8) is 0 Å². The monoisotopic (exact) mass is 205 g/mol. The van der Waals surface area contributed by atoms with Crippen LogP contribution in [0.4, 0.5) is 0 Å². The number of hydrogen-bond acceptors (Lipinski definition) is 2. The number of hydrogen-bond donors (Lipinski definition) is 0. The normalized spacial score (nSPS) is 12.2. The summed E-state index contributed by atoms with van der Waals surface area (Å²) in [6, 6.07) is 5.54. The van der Waals surface area contributed by atoms with Crippen LogP contribution in [0.15, 0.2) is 29.2 Å². The predicted octanol–water partition coefficient (Wildman–Crippen LogP) is 1.54. The molecule has 0 atom stereocenters. The van der Waals surface area contributed by atoms with Gasteiger partial charge in [-0.15, -0.1) is 5.10 Å². The third-order valence-corrected chi connectivity index (χ3v) is 2.11. The van der Waals surface area contributed by atoms with E-state index in [1.807, 2.05) is 18.2 Å². The molecule has 0 aliphatic heterocycles. The standard InChI is InChI=1S/C11H15N3O/c1-11(2,3)8-14-10(15)13-7-5-4-6-9(13)12-14/h4-7H,8H2,1-3H3. The molecule has 0 aliphatic rings. The van der Waals surface area contributed by atoms with Crippen LogP contribution in [0.1, 0.15) is 20.8 Å². The number of aromatic nitrogens is 3. The molecule has 0 aromatic carbocycles. The molecular formula is C11H15N3O. The highest BCUT2D eigenvalue weighted by Crippen LogP contribution is 2.14. The Morgan fingerprint density at radius 3 is 2.67 bits per heavy atom. The molecule has 0 saturated heterocycles. The van der Waals surface area contributed by atoms with Crippen molar-refractivity contribution in [3.8, 4) is 0 Å². The van der Waals surface area contributed by atoms with Crippen LogP contribution in [0.5, 0.6) is 0 Å². The summed E-state index contributed by atoms with van der Waals surface area (Å²) in [5, 5.41) is 4.26. The van der Waals surface area contributed by atoms with Crippen LogP contribution in [-0.4, -0.2) is 14.2 Å². The Morgan fingerprint density at radius 1 is 1.33 bits per heavy atom. The highest BCUT2D eigenvalue weighted by Gasteiger charge is 2.15. The number of rotatable bonds is 1. The minimum absolute atomic E-state index is 0.0573. The second-order valence-corrected chi connectivity index (χ2v) is 4.93. The zero-order chi connectivity index (χ0) is 11.1. The summed E-state index contributed by atoms with van der Waals surface area (Å²) >= 11 is 0. The maximum atomic E-state index is 11.9. The first-order valence-electron chi connectivity index (χ1n) is 5.02. The summed E-state index contributed by atoms with van der Waals surface area (Å²) in [7, 11) is 0. The van der Waals surface area contributed by atoms with Crippen molar-refractivity contribution in [1.82, 2.24) is 14.2 Å². The topological polar surface area (TPSA) is 39.3 Å². The zero-order valence-electron chi connectivity index (χ0n) is 9.27. The van der Waals surface area contributed by atoms with E-state index < -0.39 is 0 Å². The van der Waals surface area contributed by atoms with Crippen LogP contribution in [0, 0.1) is 5.41 Å². The molecule has 4 heteroatoms. The van der Waals surface area contributed by atoms with E-state index in [1.165, 1.54) is 4.68 Å². The van der Waals surface area contributed by atoms with E-state index in [-0.39, 0.29) is 11.1 Å². The number of fused-ring (bicyclic) bond motifs is 1. The highest BCUT2D eigenvalue weighted by molar-refractivity contribution is 5.35. The van der Waals surface area contributed by atoms with E-state index in [0.717, 1.165) is 0 Å². The smallest absolute Gasteiger partial charge is 0.250 e. The van der Waals surface area contributed by atoms with Crippen molar-refractivity contribution in [2.45, 2.75) is 27.3 Å². The lowest BCUT2D eigenvalue weighted by Crippen LogP contribution is -2.27. The van der Waals surface area contributed by atoms with Gasteiger partial charge in [0.1, 0.15) is 0 Å². The Balaban J connectivity index is 2.54. The van der Waals surface area contributed by atoms with Crippen molar-refractivity contribution in [3.05, 3.63) is 34.9 Å². The number of nitrogens with zero attached hydrogens (tertiary/aromatic N) is 3. The fraction of sp³-hybridized carbons (Fsp3) is 0.455. The quantitative estimate of drug-likeness (QED) is 0.708. The lowest BCUT2D eigenvalue weighted by Gasteiger charge is -2.16. The molecule has 0 amide bonds. The lowest BCUT2D eigenvalue weighted by molar-refractivity contribution is 0.320. The Labute approximate surface area is 88.2 Å². The molecule has 4 nitrogen and oxygen atoms in total. The predicted molar refractivity (Wildman–Crippen MR) is 58.9 cm³/mol. The van der Waals surface area contributed by atoms with Crippen molar-refractivity contribution in [2.75, 3.05) is 0 Å². The van der Waals surface area contributed by atoms with E-state index in [0.29, 0.717) is 12.2 Å². The largest absolute Gasteiger partial charge is 0.350 e. The van der Waals surface area contributed by atoms with Crippen molar-refractivity contribution in [2.24, 2.45) is 5.41 Å². The molecule has 2 heterocycles. The van der Waals surface area contributed by atoms with Crippen LogP contribution in [0.3, 0.4) is 0 Å². The second kappa shape index (κ2) is 3.22. The maximum absolute atomic E-state index is 11.9. The summed E-state index contributed by atoms with van der Waals surface area (Å²) in [6.45, 7) is 6.89. The van der Waals surface area contributed by atoms with Crippen LogP contribution in [0.25, 0.3) is 5.65 Å². The van der Waals surface area contributed by atoms with Gasteiger partial charge in [0, 0.05) is 6.20 Å². The Hall–Kier alpha value is -1.58. The molecule has 80 valence electrons. The van der Waals surface area contributed by atoms with Crippen molar-refractivity contribution >= 4 is 5.65 Å². The molecule has 0 N–H and O–H groups in total. The molecule has 0 aliphatic carbocycles. The summed E-state index contributed by atoms with van der Waals surface area (Å²) < 4.78 is 3.08. The SMILES string of the molecule is CC(C)(C)Cn1nc2ccccn2c1=O. The van der Waals surface area contributed by atoms with Crippen LogP contribution in [-0.2, 0) is 6.54 Å². The van der Waals surface area contributed by atoms with Crippen LogP contribution < -0.4 is 5.69 Å². The third kappa shape index (κ3) is 1.93. The summed E-state index contributed by atoms with van der Waals surface area (Å²) in [5.74, 6) is 0. The molecule has 0 unspecified atom stereocenters. The van der Waals surface area contributed by atoms with Crippen molar-refractivity contribution in [1.29, 1.82) is 0 Å². The van der Waals surface area contributed by atoms with Gasteiger partial charge in [0.15, 0.2) is 5.65 Å². The van der Waals surface area contributed by atoms with Gasteiger partial charge in [-0.05, 0) is 17.5 Å². The Bertz CT molecular complexity index is 530. The molecule has 0 radical (unpaired) electrons. The van der Waals surface area contributed by atoms with Gasteiger partial charge >= 0.3 is 5.69 Å². The summed E-state index contributed by atoms with van der Waals surface area (Å²) in [5.41, 5.74) is 0.689. The van der Waals surface area contributed by atoms with Gasteiger partial charge in [0.2, 0.25) is 0 Å². The van der Waals surface area contributed by atoms with E-state index in [1.54, 1.807) is 10.6 Å². The van der Waals surface area contributed by atoms with E-state index >= 15 is 0 Å². The first-order valence-corrected chi connectivity index (χ1v) is 5.02. The third-order valence-electron chi connectivity index (χ3n) is 2.11. The Morgan fingerprint density at radius 2 is 2.07 bits per heavy atom. The molecule has 2 rings (SSSR count). The zero-order valence-corrected chi connectivity index (χ0v) is 9.27. The van der Waals surface area contributed by atoms with Gasteiger partial charge in [-0.3, -0.25) is 4.40 Å². The molecule has 15 heavy (non-hydrogen) atoms. The summed E-state index contributed by atoms with van der Waals surface area (Å²) in [6.07, 6.45) is 1.74.